The van der Waals surface area contributed by atoms with Crippen molar-refractivity contribution in [1.29, 1.82) is 0 Å². The number of nitrogens with one attached hydrogen (secondary N) is 1. The molecular weight excluding hydrogens is 405 g/mol. The standard InChI is InChI=1S/C22H23Cl2N5/c23-18-8-7-15(11-19(18)24)12-21-27-28-22(29(21)10-4-3-9-25)14-17-13-16-5-1-2-6-20(16)26-17/h1-2,5-8,11,13,26H,3-4,9-10,12,14,25H2. The van der Waals surface area contributed by atoms with Gasteiger partial charge in [0.25, 0.3) is 0 Å². The molecular formula is C22H23Cl2N5. The van der Waals surface area contributed by atoms with E-state index in [4.69, 9.17) is 28.9 Å². The summed E-state index contributed by atoms with van der Waals surface area (Å²) in [5.74, 6) is 1.87. The van der Waals surface area contributed by atoms with Gasteiger partial charge >= 0.3 is 0 Å². The lowest BCUT2D eigenvalue weighted by Gasteiger charge is -2.10. The zero-order valence-electron chi connectivity index (χ0n) is 16.0. The van der Waals surface area contributed by atoms with Crippen LogP contribution < -0.4 is 5.73 Å². The van der Waals surface area contributed by atoms with Crippen molar-refractivity contribution < 1.29 is 0 Å². The summed E-state index contributed by atoms with van der Waals surface area (Å²) in [6, 6.07) is 16.1. The maximum absolute atomic E-state index is 6.18. The van der Waals surface area contributed by atoms with E-state index in [2.05, 4.69) is 37.9 Å². The van der Waals surface area contributed by atoms with Crippen LogP contribution in [0.25, 0.3) is 10.9 Å². The van der Waals surface area contributed by atoms with Crippen molar-refractivity contribution in [2.24, 2.45) is 5.73 Å². The Bertz CT molecular complexity index is 1080. The first kappa shape index (κ1) is 20.0. The Labute approximate surface area is 179 Å². The number of halogens is 2. The lowest BCUT2D eigenvalue weighted by Crippen LogP contribution is -2.11. The molecule has 0 bridgehead atoms. The van der Waals surface area contributed by atoms with E-state index < -0.39 is 0 Å². The van der Waals surface area contributed by atoms with Crippen LogP contribution in [0.3, 0.4) is 0 Å². The van der Waals surface area contributed by atoms with E-state index in [1.54, 1.807) is 0 Å². The van der Waals surface area contributed by atoms with E-state index in [1.165, 1.54) is 5.39 Å². The van der Waals surface area contributed by atoms with Crippen molar-refractivity contribution in [2.45, 2.75) is 32.2 Å². The predicted molar refractivity (Wildman–Crippen MR) is 119 cm³/mol. The van der Waals surface area contributed by atoms with Gasteiger partial charge < -0.3 is 15.3 Å². The fraction of sp³-hybridized carbons (Fsp3) is 0.273. The highest BCUT2D eigenvalue weighted by Crippen LogP contribution is 2.24. The predicted octanol–water partition coefficient (Wildman–Crippen LogP) is 4.99. The molecule has 0 unspecified atom stereocenters. The third-order valence-electron chi connectivity index (χ3n) is 5.02. The van der Waals surface area contributed by atoms with Crippen LogP contribution in [0.5, 0.6) is 0 Å². The molecule has 0 atom stereocenters. The van der Waals surface area contributed by atoms with E-state index in [9.17, 15) is 0 Å². The van der Waals surface area contributed by atoms with Gasteiger partial charge in [0.15, 0.2) is 0 Å². The van der Waals surface area contributed by atoms with E-state index in [0.717, 1.165) is 47.8 Å². The molecule has 150 valence electrons. The lowest BCUT2D eigenvalue weighted by molar-refractivity contribution is 0.577. The summed E-state index contributed by atoms with van der Waals surface area (Å²) < 4.78 is 2.21. The van der Waals surface area contributed by atoms with Gasteiger partial charge in [-0.1, -0.05) is 47.5 Å². The van der Waals surface area contributed by atoms with Crippen LogP contribution in [-0.4, -0.2) is 26.3 Å². The number of hydrogen-bond donors (Lipinski definition) is 2. The van der Waals surface area contributed by atoms with Gasteiger partial charge in [0, 0.05) is 30.6 Å². The third kappa shape index (κ3) is 4.64. The molecule has 0 aliphatic carbocycles. The number of aromatic amines is 1. The largest absolute Gasteiger partial charge is 0.358 e. The molecule has 2 aromatic carbocycles. The Kier molecular flexibility index (Phi) is 6.19. The summed E-state index contributed by atoms with van der Waals surface area (Å²) in [4.78, 5) is 3.48. The van der Waals surface area contributed by atoms with Crippen LogP contribution in [0.2, 0.25) is 10.0 Å². The smallest absolute Gasteiger partial charge is 0.138 e. The molecule has 29 heavy (non-hydrogen) atoms. The summed E-state index contributed by atoms with van der Waals surface area (Å²) in [6.45, 7) is 1.53. The molecule has 0 aliphatic rings. The minimum Gasteiger partial charge on any atom is -0.358 e. The minimum atomic E-state index is 0.552. The van der Waals surface area contributed by atoms with E-state index in [-0.39, 0.29) is 0 Å². The molecule has 0 saturated heterocycles. The first-order valence-corrected chi connectivity index (χ1v) is 10.5. The number of fused-ring (bicyclic) bond motifs is 1. The van der Waals surface area contributed by atoms with Crippen LogP contribution in [0.1, 0.15) is 35.7 Å². The van der Waals surface area contributed by atoms with Crippen molar-refractivity contribution in [1.82, 2.24) is 19.7 Å². The van der Waals surface area contributed by atoms with Crippen molar-refractivity contribution in [2.75, 3.05) is 6.54 Å². The monoisotopic (exact) mass is 427 g/mol. The van der Waals surface area contributed by atoms with Crippen LogP contribution in [0.15, 0.2) is 48.5 Å². The second-order valence-electron chi connectivity index (χ2n) is 7.16. The number of H-pyrrole nitrogens is 1. The second-order valence-corrected chi connectivity index (χ2v) is 7.98. The zero-order chi connectivity index (χ0) is 20.2. The van der Waals surface area contributed by atoms with Crippen LogP contribution in [0.4, 0.5) is 0 Å². The highest BCUT2D eigenvalue weighted by molar-refractivity contribution is 6.42. The maximum Gasteiger partial charge on any atom is 0.138 e. The Morgan fingerprint density at radius 3 is 2.45 bits per heavy atom. The molecule has 0 spiro atoms. The number of aromatic nitrogens is 4. The summed E-state index contributed by atoms with van der Waals surface area (Å²) in [5.41, 5.74) is 9.01. The SMILES string of the molecule is NCCCCn1c(Cc2ccc(Cl)c(Cl)c2)nnc1Cc1cc2ccccc2[nH]1. The number of unbranched alkanes of at least 4 members (excludes halogenated alkanes) is 1. The van der Waals surface area contributed by atoms with Crippen molar-refractivity contribution in [3.63, 3.8) is 0 Å². The van der Waals surface area contributed by atoms with E-state index >= 15 is 0 Å². The van der Waals surface area contributed by atoms with Crippen molar-refractivity contribution in [3.8, 4) is 0 Å². The molecule has 2 heterocycles. The Balaban J connectivity index is 1.61. The van der Waals surface area contributed by atoms with Gasteiger partial charge in [-0.05, 0) is 54.6 Å². The topological polar surface area (TPSA) is 72.5 Å². The van der Waals surface area contributed by atoms with E-state index in [0.29, 0.717) is 29.4 Å². The first-order chi connectivity index (χ1) is 14.1. The number of hydrogen-bond acceptors (Lipinski definition) is 3. The lowest BCUT2D eigenvalue weighted by atomic mass is 10.1. The Morgan fingerprint density at radius 1 is 0.897 bits per heavy atom. The summed E-state index contributed by atoms with van der Waals surface area (Å²) >= 11 is 12.2. The molecule has 7 heteroatoms. The molecule has 4 aromatic rings. The first-order valence-electron chi connectivity index (χ1n) is 9.75. The quantitative estimate of drug-likeness (QED) is 0.389. The van der Waals surface area contributed by atoms with Crippen molar-refractivity contribution >= 4 is 34.1 Å². The number of rotatable bonds is 8. The Hall–Kier alpha value is -2.34. The zero-order valence-corrected chi connectivity index (χ0v) is 17.5. The van der Waals surface area contributed by atoms with Gasteiger partial charge in [0.1, 0.15) is 11.6 Å². The normalized spacial score (nSPS) is 11.4. The second kappa shape index (κ2) is 8.99. The highest BCUT2D eigenvalue weighted by atomic mass is 35.5. The van der Waals surface area contributed by atoms with Crippen molar-refractivity contribution in [3.05, 3.63) is 81.5 Å². The average molecular weight is 428 g/mol. The maximum atomic E-state index is 6.18. The molecule has 0 radical (unpaired) electrons. The number of nitrogens with two attached hydrogens (primary N) is 1. The Morgan fingerprint density at radius 2 is 1.69 bits per heavy atom. The summed E-state index contributed by atoms with van der Waals surface area (Å²) in [5, 5.41) is 11.3. The van der Waals surface area contributed by atoms with Gasteiger partial charge in [-0.2, -0.15) is 0 Å². The van der Waals surface area contributed by atoms with Crippen LogP contribution in [-0.2, 0) is 19.4 Å². The molecule has 2 aromatic heterocycles. The van der Waals surface area contributed by atoms with Gasteiger partial charge in [0.2, 0.25) is 0 Å². The van der Waals surface area contributed by atoms with Gasteiger partial charge in [-0.3, -0.25) is 0 Å². The molecule has 5 nitrogen and oxygen atoms in total. The molecule has 0 fully saturated rings. The summed E-state index contributed by atoms with van der Waals surface area (Å²) in [7, 11) is 0. The number of para-hydroxylation sites is 1. The molecule has 0 amide bonds. The fourth-order valence-corrected chi connectivity index (χ4v) is 3.86. The van der Waals surface area contributed by atoms with Crippen LogP contribution >= 0.6 is 23.2 Å². The average Bonchev–Trinajstić information content (AvgIpc) is 3.29. The molecule has 0 saturated carbocycles. The number of nitrogens with zero attached hydrogens (tertiary/aromatic N) is 3. The minimum absolute atomic E-state index is 0.552. The number of benzene rings is 2. The molecule has 3 N–H and O–H groups in total. The summed E-state index contributed by atoms with van der Waals surface area (Å²) in [6.07, 6.45) is 3.31. The highest BCUT2D eigenvalue weighted by Gasteiger charge is 2.14. The van der Waals surface area contributed by atoms with E-state index in [1.807, 2.05) is 30.3 Å². The fourth-order valence-electron chi connectivity index (χ4n) is 3.54. The van der Waals surface area contributed by atoms with Gasteiger partial charge in [-0.15, -0.1) is 10.2 Å². The van der Waals surface area contributed by atoms with Gasteiger partial charge in [-0.25, -0.2) is 0 Å². The molecule has 0 aliphatic heterocycles. The van der Waals surface area contributed by atoms with Gasteiger partial charge in [0.05, 0.1) is 10.0 Å². The molecule has 4 rings (SSSR count). The van der Waals surface area contributed by atoms with Crippen LogP contribution in [0, 0.1) is 0 Å². The third-order valence-corrected chi connectivity index (χ3v) is 5.76.